The Hall–Kier alpha value is -0.670. The molecule has 0 heterocycles. The Kier molecular flexibility index (Phi) is 6.49. The fourth-order valence-electron chi connectivity index (χ4n) is 3.04. The molecular weight excluding hydrogens is 323 g/mol. The Morgan fingerprint density at radius 1 is 0.875 bits per heavy atom. The average molecular weight is 356 g/mol. The van der Waals surface area contributed by atoms with Crippen LogP contribution in [0.25, 0.3) is 0 Å². The summed E-state index contributed by atoms with van der Waals surface area (Å²) in [5.41, 5.74) is 1.33. The number of benzene rings is 1. The number of hydrogen-bond acceptors (Lipinski definition) is 4. The molecule has 1 rings (SSSR count). The van der Waals surface area contributed by atoms with Crippen molar-refractivity contribution in [2.24, 2.45) is 0 Å². The van der Waals surface area contributed by atoms with E-state index in [1.165, 1.54) is 0 Å². The monoisotopic (exact) mass is 356 g/mol. The van der Waals surface area contributed by atoms with Crippen LogP contribution in [0.5, 0.6) is 5.75 Å². The van der Waals surface area contributed by atoms with Gasteiger partial charge < -0.3 is 19.4 Å². The largest absolute Gasteiger partial charge is 0.507 e. The van der Waals surface area contributed by atoms with Crippen molar-refractivity contribution in [1.82, 2.24) is 0 Å². The molecule has 0 radical (unpaired) electrons. The smallest absolute Gasteiger partial charge is 0.327 e. The Bertz CT molecular complexity index is 529. The second-order valence-electron chi connectivity index (χ2n) is 8.47. The first kappa shape index (κ1) is 21.4. The summed E-state index contributed by atoms with van der Waals surface area (Å²) >= 11 is 0. The molecule has 0 aromatic heterocycles. The Morgan fingerprint density at radius 3 is 1.50 bits per heavy atom. The number of hydrogen-bond donors (Lipinski definition) is 3. The van der Waals surface area contributed by atoms with Gasteiger partial charge in [-0.2, -0.15) is 0 Å². The topological polar surface area (TPSA) is 69.9 Å². The van der Waals surface area contributed by atoms with Crippen molar-refractivity contribution in [3.05, 3.63) is 28.8 Å². The van der Waals surface area contributed by atoms with Gasteiger partial charge in [-0.05, 0) is 52.5 Å². The van der Waals surface area contributed by atoms with E-state index in [0.717, 1.165) is 16.7 Å². The molecule has 0 atom stereocenters. The lowest BCUT2D eigenvalue weighted by Gasteiger charge is -2.36. The van der Waals surface area contributed by atoms with Crippen LogP contribution in [0.3, 0.4) is 0 Å². The summed E-state index contributed by atoms with van der Waals surface area (Å²) < 4.78 is 5.59. The maximum Gasteiger partial charge on any atom is 0.327 e. The molecule has 4 nitrogen and oxygen atoms in total. The second-order valence-corrected chi connectivity index (χ2v) is 9.15. The third kappa shape index (κ3) is 4.49. The van der Waals surface area contributed by atoms with Crippen LogP contribution in [0, 0.1) is 0 Å². The highest BCUT2D eigenvalue weighted by atomic mass is 31.2. The van der Waals surface area contributed by atoms with Gasteiger partial charge in [0.1, 0.15) is 11.4 Å². The van der Waals surface area contributed by atoms with E-state index in [4.69, 9.17) is 4.52 Å². The molecule has 138 valence electrons. The van der Waals surface area contributed by atoms with Gasteiger partial charge in [-0.3, -0.25) is 0 Å². The second kappa shape index (κ2) is 7.29. The van der Waals surface area contributed by atoms with Crippen molar-refractivity contribution in [3.8, 4) is 5.75 Å². The molecule has 0 saturated carbocycles. The van der Waals surface area contributed by atoms with Crippen molar-refractivity contribution >= 4 is 8.60 Å². The zero-order valence-electron chi connectivity index (χ0n) is 16.3. The molecule has 0 aliphatic heterocycles. The zero-order chi connectivity index (χ0) is 18.9. The molecule has 0 amide bonds. The Labute approximate surface area is 147 Å². The van der Waals surface area contributed by atoms with Gasteiger partial charge in [0, 0.05) is 0 Å². The predicted octanol–water partition coefficient (Wildman–Crippen LogP) is 5.23. The maximum atomic E-state index is 10.8. The van der Waals surface area contributed by atoms with Gasteiger partial charge in [0.05, 0.1) is 0 Å². The quantitative estimate of drug-likeness (QED) is 0.632. The number of phenols is 1. The van der Waals surface area contributed by atoms with Gasteiger partial charge in [-0.1, -0.05) is 55.4 Å². The highest BCUT2D eigenvalue weighted by molar-refractivity contribution is 7.39. The number of phenolic OH excluding ortho intramolecular Hbond substituents is 1. The van der Waals surface area contributed by atoms with Crippen LogP contribution in [0.2, 0.25) is 0 Å². The van der Waals surface area contributed by atoms with E-state index >= 15 is 0 Å². The first-order valence-corrected chi connectivity index (χ1v) is 9.70. The van der Waals surface area contributed by atoms with Crippen molar-refractivity contribution in [1.29, 1.82) is 0 Å². The molecule has 0 unspecified atom stereocenters. The summed E-state index contributed by atoms with van der Waals surface area (Å²) in [6, 6.07) is 3.91. The van der Waals surface area contributed by atoms with Gasteiger partial charge in [0.15, 0.2) is 0 Å². The van der Waals surface area contributed by atoms with Crippen LogP contribution in [-0.2, 0) is 21.0 Å². The van der Waals surface area contributed by atoms with E-state index in [1.54, 1.807) is 0 Å². The van der Waals surface area contributed by atoms with Crippen molar-refractivity contribution < 1.29 is 19.4 Å². The maximum absolute atomic E-state index is 10.8. The molecule has 0 aliphatic rings. The van der Waals surface area contributed by atoms with E-state index in [0.29, 0.717) is 18.6 Å². The standard InChI is InChI=1S/C19H33O4P/c1-9-19(10-2,23-24(21)22)13-11-14(17(3,4)5)16(20)15(12-13)18(6,7)8/h11-12,20-22H,9-10H2,1-8H3. The first-order valence-electron chi connectivity index (χ1n) is 8.54. The average Bonchev–Trinajstić information content (AvgIpc) is 2.42. The lowest BCUT2D eigenvalue weighted by Crippen LogP contribution is -2.28. The molecule has 3 N–H and O–H groups in total. The summed E-state index contributed by atoms with van der Waals surface area (Å²) in [4.78, 5) is 18.9. The van der Waals surface area contributed by atoms with Crippen molar-refractivity contribution in [3.63, 3.8) is 0 Å². The summed E-state index contributed by atoms with van der Waals surface area (Å²) in [5.74, 6) is 0.315. The van der Waals surface area contributed by atoms with E-state index in [2.05, 4.69) is 41.5 Å². The first-order chi connectivity index (χ1) is 10.8. The minimum atomic E-state index is -2.47. The minimum Gasteiger partial charge on any atom is -0.507 e. The molecular formula is C19H33O4P. The normalized spacial score (nSPS) is 13.6. The van der Waals surface area contributed by atoms with E-state index in [1.807, 2.05) is 26.0 Å². The van der Waals surface area contributed by atoms with Gasteiger partial charge in [0.2, 0.25) is 0 Å². The fraction of sp³-hybridized carbons (Fsp3) is 0.684. The highest BCUT2D eigenvalue weighted by Crippen LogP contribution is 2.47. The summed E-state index contributed by atoms with van der Waals surface area (Å²) in [6.07, 6.45) is 1.22. The Balaban J connectivity index is 3.75. The van der Waals surface area contributed by atoms with Crippen LogP contribution in [0.4, 0.5) is 0 Å². The molecule has 0 bridgehead atoms. The molecule has 0 spiro atoms. The SMILES string of the molecule is CCC(CC)(OP(O)O)c1cc(C(C)(C)C)c(O)c(C(C)(C)C)c1. The van der Waals surface area contributed by atoms with Gasteiger partial charge in [-0.25, -0.2) is 0 Å². The van der Waals surface area contributed by atoms with Crippen LogP contribution in [-0.4, -0.2) is 14.9 Å². The summed E-state index contributed by atoms with van der Waals surface area (Å²) in [5, 5.41) is 10.8. The lowest BCUT2D eigenvalue weighted by atomic mass is 9.75. The molecule has 0 aliphatic carbocycles. The minimum absolute atomic E-state index is 0.240. The molecule has 1 aromatic carbocycles. The predicted molar refractivity (Wildman–Crippen MR) is 100 cm³/mol. The fourth-order valence-corrected chi connectivity index (χ4v) is 3.71. The molecule has 24 heavy (non-hydrogen) atoms. The highest BCUT2D eigenvalue weighted by Gasteiger charge is 2.36. The molecule has 5 heteroatoms. The third-order valence-corrected chi connectivity index (χ3v) is 5.16. The summed E-state index contributed by atoms with van der Waals surface area (Å²) in [7, 11) is -2.47. The van der Waals surface area contributed by atoms with Gasteiger partial charge in [0.25, 0.3) is 0 Å². The molecule has 0 fully saturated rings. The van der Waals surface area contributed by atoms with E-state index < -0.39 is 14.2 Å². The van der Waals surface area contributed by atoms with Crippen molar-refractivity contribution in [2.75, 3.05) is 0 Å². The number of aromatic hydroxyl groups is 1. The van der Waals surface area contributed by atoms with Crippen LogP contribution >= 0.6 is 8.60 Å². The molecule has 0 saturated heterocycles. The third-order valence-electron chi connectivity index (χ3n) is 4.65. The molecule has 1 aromatic rings. The van der Waals surface area contributed by atoms with Gasteiger partial charge >= 0.3 is 8.60 Å². The van der Waals surface area contributed by atoms with Crippen LogP contribution < -0.4 is 0 Å². The van der Waals surface area contributed by atoms with Crippen molar-refractivity contribution in [2.45, 2.75) is 84.7 Å². The van der Waals surface area contributed by atoms with Crippen LogP contribution in [0.15, 0.2) is 12.1 Å². The van der Waals surface area contributed by atoms with E-state index in [-0.39, 0.29) is 10.8 Å². The van der Waals surface area contributed by atoms with Crippen LogP contribution in [0.1, 0.15) is 84.9 Å². The zero-order valence-corrected chi connectivity index (χ0v) is 17.2. The number of rotatable bonds is 5. The van der Waals surface area contributed by atoms with Gasteiger partial charge in [-0.15, -0.1) is 0 Å². The lowest BCUT2D eigenvalue weighted by molar-refractivity contribution is 0.0428. The summed E-state index contributed by atoms with van der Waals surface area (Å²) in [6.45, 7) is 16.3. The van der Waals surface area contributed by atoms with E-state index in [9.17, 15) is 14.9 Å². The Morgan fingerprint density at radius 2 is 1.25 bits per heavy atom.